The van der Waals surface area contributed by atoms with Crippen LogP contribution in [0.25, 0.3) is 6.08 Å². The lowest BCUT2D eigenvalue weighted by Gasteiger charge is -2.34. The number of amides is 1. The maximum atomic E-state index is 14.3. The van der Waals surface area contributed by atoms with E-state index in [0.717, 1.165) is 30.6 Å². The molecule has 0 N–H and O–H groups in total. The minimum Gasteiger partial charge on any atom is -0.335 e. The fourth-order valence-corrected chi connectivity index (χ4v) is 4.19. The Morgan fingerprint density at radius 1 is 1.13 bits per heavy atom. The first kappa shape index (κ1) is 22.2. The number of rotatable bonds is 8. The number of likely N-dealkylation sites (tertiary alicyclic amines) is 1. The van der Waals surface area contributed by atoms with E-state index in [0.29, 0.717) is 19.1 Å². The normalized spacial score (nSPS) is 17.7. The number of carbonyl (C=O) groups is 1. The lowest BCUT2D eigenvalue weighted by molar-refractivity contribution is 0.0750. The SMILES string of the molecule is C/C(=C\c1ccccc1)CN(CCCN1CCCCC1C)C(=O)c1ccccc1F. The highest BCUT2D eigenvalue weighted by molar-refractivity contribution is 5.94. The van der Waals surface area contributed by atoms with Gasteiger partial charge in [0.15, 0.2) is 0 Å². The number of hydrogen-bond acceptors (Lipinski definition) is 2. The van der Waals surface area contributed by atoms with Gasteiger partial charge in [-0.25, -0.2) is 4.39 Å². The second kappa shape index (κ2) is 11.1. The summed E-state index contributed by atoms with van der Waals surface area (Å²) in [5.41, 5.74) is 2.34. The number of benzene rings is 2. The molecule has 1 amide bonds. The Morgan fingerprint density at radius 2 is 1.87 bits per heavy atom. The molecule has 3 nitrogen and oxygen atoms in total. The van der Waals surface area contributed by atoms with Crippen molar-refractivity contribution < 1.29 is 9.18 Å². The topological polar surface area (TPSA) is 23.6 Å². The predicted molar refractivity (Wildman–Crippen MR) is 122 cm³/mol. The zero-order chi connectivity index (χ0) is 21.3. The maximum absolute atomic E-state index is 14.3. The van der Waals surface area contributed by atoms with Crippen molar-refractivity contribution in [3.05, 3.63) is 77.1 Å². The zero-order valence-electron chi connectivity index (χ0n) is 18.2. The Bertz CT molecular complexity index is 849. The van der Waals surface area contributed by atoms with E-state index in [1.54, 1.807) is 23.1 Å². The van der Waals surface area contributed by atoms with Crippen molar-refractivity contribution in [2.75, 3.05) is 26.2 Å². The first-order valence-electron chi connectivity index (χ1n) is 11.0. The second-order valence-electron chi connectivity index (χ2n) is 8.34. The van der Waals surface area contributed by atoms with Crippen LogP contribution < -0.4 is 0 Å². The molecule has 0 bridgehead atoms. The molecular weight excluding hydrogens is 375 g/mol. The Hall–Kier alpha value is -2.46. The van der Waals surface area contributed by atoms with Crippen molar-refractivity contribution in [3.63, 3.8) is 0 Å². The molecule has 4 heteroatoms. The number of nitrogens with zero attached hydrogens (tertiary/aromatic N) is 2. The fourth-order valence-electron chi connectivity index (χ4n) is 4.19. The number of piperidine rings is 1. The van der Waals surface area contributed by atoms with Gasteiger partial charge < -0.3 is 9.80 Å². The molecule has 1 aliphatic rings. The first-order chi connectivity index (χ1) is 14.5. The van der Waals surface area contributed by atoms with Crippen LogP contribution in [0.15, 0.2) is 60.2 Å². The van der Waals surface area contributed by atoms with E-state index in [2.05, 4.69) is 17.9 Å². The van der Waals surface area contributed by atoms with E-state index in [-0.39, 0.29) is 11.5 Å². The Labute approximate surface area is 180 Å². The molecule has 1 fully saturated rings. The number of halogens is 1. The van der Waals surface area contributed by atoms with Crippen molar-refractivity contribution in [3.8, 4) is 0 Å². The van der Waals surface area contributed by atoms with Gasteiger partial charge in [0.25, 0.3) is 5.91 Å². The van der Waals surface area contributed by atoms with E-state index < -0.39 is 5.82 Å². The van der Waals surface area contributed by atoms with E-state index in [4.69, 9.17) is 0 Å². The average molecular weight is 409 g/mol. The van der Waals surface area contributed by atoms with Crippen LogP contribution in [0, 0.1) is 5.82 Å². The highest BCUT2D eigenvalue weighted by atomic mass is 19.1. The van der Waals surface area contributed by atoms with Gasteiger partial charge in [0.05, 0.1) is 5.56 Å². The maximum Gasteiger partial charge on any atom is 0.257 e. The van der Waals surface area contributed by atoms with Crippen molar-refractivity contribution in [2.24, 2.45) is 0 Å². The molecule has 3 rings (SSSR count). The molecule has 1 saturated heterocycles. The summed E-state index contributed by atoms with van der Waals surface area (Å²) in [5, 5.41) is 0. The quantitative estimate of drug-likeness (QED) is 0.565. The van der Waals surface area contributed by atoms with Crippen molar-refractivity contribution in [2.45, 2.75) is 45.6 Å². The Morgan fingerprint density at radius 3 is 2.60 bits per heavy atom. The van der Waals surface area contributed by atoms with Crippen LogP contribution in [0.2, 0.25) is 0 Å². The van der Waals surface area contributed by atoms with Gasteiger partial charge in [-0.2, -0.15) is 0 Å². The largest absolute Gasteiger partial charge is 0.335 e. The van der Waals surface area contributed by atoms with Gasteiger partial charge in [0.1, 0.15) is 5.82 Å². The molecule has 0 aromatic heterocycles. The van der Waals surface area contributed by atoms with Crippen LogP contribution in [0.3, 0.4) is 0 Å². The third-order valence-electron chi connectivity index (χ3n) is 5.86. The zero-order valence-corrected chi connectivity index (χ0v) is 18.2. The standard InChI is InChI=1S/C26H33FN2O/c1-21(19-23-12-4-3-5-13-23)20-29(26(30)24-14-6-7-15-25(24)27)18-10-17-28-16-9-8-11-22(28)2/h3-7,12-15,19,22H,8-11,16-18,20H2,1-2H3/b21-19+. The molecule has 1 unspecified atom stereocenters. The van der Waals surface area contributed by atoms with Gasteiger partial charge in [0.2, 0.25) is 0 Å². The van der Waals surface area contributed by atoms with Gasteiger partial charge >= 0.3 is 0 Å². The van der Waals surface area contributed by atoms with Gasteiger partial charge in [-0.05, 0) is 57.4 Å². The van der Waals surface area contributed by atoms with Gasteiger partial charge in [0, 0.05) is 25.7 Å². The van der Waals surface area contributed by atoms with E-state index in [1.807, 2.05) is 37.3 Å². The Balaban J connectivity index is 1.70. The molecule has 1 aliphatic heterocycles. The fraction of sp³-hybridized carbons (Fsp3) is 0.423. The first-order valence-corrected chi connectivity index (χ1v) is 11.0. The third-order valence-corrected chi connectivity index (χ3v) is 5.86. The van der Waals surface area contributed by atoms with Gasteiger partial charge in [-0.15, -0.1) is 0 Å². The summed E-state index contributed by atoms with van der Waals surface area (Å²) in [6.07, 6.45) is 6.79. The third kappa shape index (κ3) is 6.27. The summed E-state index contributed by atoms with van der Waals surface area (Å²) in [7, 11) is 0. The Kier molecular flexibility index (Phi) is 8.21. The summed E-state index contributed by atoms with van der Waals surface area (Å²) in [5.74, 6) is -0.692. The summed E-state index contributed by atoms with van der Waals surface area (Å²) >= 11 is 0. The summed E-state index contributed by atoms with van der Waals surface area (Å²) < 4.78 is 14.3. The highest BCUT2D eigenvalue weighted by Crippen LogP contribution is 2.18. The monoisotopic (exact) mass is 408 g/mol. The van der Waals surface area contributed by atoms with Crippen LogP contribution >= 0.6 is 0 Å². The predicted octanol–water partition coefficient (Wildman–Crippen LogP) is 5.64. The smallest absolute Gasteiger partial charge is 0.257 e. The van der Waals surface area contributed by atoms with Crippen LogP contribution in [0.5, 0.6) is 0 Å². The van der Waals surface area contributed by atoms with Crippen molar-refractivity contribution >= 4 is 12.0 Å². The molecule has 1 heterocycles. The van der Waals surface area contributed by atoms with Crippen molar-refractivity contribution in [1.82, 2.24) is 9.80 Å². The molecule has 1 atom stereocenters. The van der Waals surface area contributed by atoms with Crippen LogP contribution in [-0.2, 0) is 0 Å². The minimum absolute atomic E-state index is 0.149. The number of hydrogen-bond donors (Lipinski definition) is 0. The molecule has 2 aromatic carbocycles. The van der Waals surface area contributed by atoms with Crippen LogP contribution in [-0.4, -0.2) is 47.9 Å². The van der Waals surface area contributed by atoms with Gasteiger partial charge in [-0.1, -0.05) is 60.5 Å². The van der Waals surface area contributed by atoms with E-state index in [9.17, 15) is 9.18 Å². The molecule has 160 valence electrons. The average Bonchev–Trinajstić information content (AvgIpc) is 2.75. The second-order valence-corrected chi connectivity index (χ2v) is 8.34. The molecule has 2 aromatic rings. The summed E-state index contributed by atoms with van der Waals surface area (Å²) in [4.78, 5) is 17.5. The van der Waals surface area contributed by atoms with Crippen LogP contribution in [0.4, 0.5) is 4.39 Å². The lowest BCUT2D eigenvalue weighted by Crippen LogP contribution is -2.40. The summed E-state index contributed by atoms with van der Waals surface area (Å²) in [6, 6.07) is 17.0. The van der Waals surface area contributed by atoms with E-state index >= 15 is 0 Å². The van der Waals surface area contributed by atoms with Crippen molar-refractivity contribution in [1.29, 1.82) is 0 Å². The molecule has 0 radical (unpaired) electrons. The van der Waals surface area contributed by atoms with Crippen LogP contribution in [0.1, 0.15) is 55.5 Å². The molecule has 30 heavy (non-hydrogen) atoms. The van der Waals surface area contributed by atoms with Gasteiger partial charge in [-0.3, -0.25) is 4.79 Å². The van der Waals surface area contributed by atoms with E-state index in [1.165, 1.54) is 25.3 Å². The molecule has 0 aliphatic carbocycles. The summed E-state index contributed by atoms with van der Waals surface area (Å²) in [6.45, 7) is 7.54. The molecule has 0 saturated carbocycles. The lowest BCUT2D eigenvalue weighted by atomic mass is 10.0. The minimum atomic E-state index is -0.457. The highest BCUT2D eigenvalue weighted by Gasteiger charge is 2.21. The molecular formula is C26H33FN2O. The molecule has 0 spiro atoms. The number of carbonyl (C=O) groups excluding carboxylic acids is 1.